The molecule has 2 aromatic heterocycles. The number of aromatic nitrogens is 3. The number of hydrogen-bond acceptors (Lipinski definition) is 7. The quantitative estimate of drug-likeness (QED) is 0.551. The molecular formula is C9H9BrN6O2S. The third-order valence-corrected chi connectivity index (χ3v) is 3.89. The highest BCUT2D eigenvalue weighted by Crippen LogP contribution is 2.24. The number of pyridine rings is 1. The molecule has 0 aliphatic carbocycles. The van der Waals surface area contributed by atoms with Crippen molar-refractivity contribution in [1.82, 2.24) is 15.0 Å². The largest absolute Gasteiger partial charge is 0.307 e. The molecule has 100 valence electrons. The molecular weight excluding hydrogens is 336 g/mol. The monoisotopic (exact) mass is 344 g/mol. The molecule has 0 unspecified atom stereocenters. The smallest absolute Gasteiger partial charge is 0.265 e. The number of halogens is 1. The van der Waals surface area contributed by atoms with Crippen molar-refractivity contribution in [2.45, 2.75) is 4.90 Å². The van der Waals surface area contributed by atoms with Gasteiger partial charge in [0.15, 0.2) is 5.82 Å². The molecule has 0 bridgehead atoms. The first-order chi connectivity index (χ1) is 9.03. The topological polar surface area (TPSA) is 123 Å². The van der Waals surface area contributed by atoms with Crippen molar-refractivity contribution in [3.05, 3.63) is 35.5 Å². The Morgan fingerprint density at radius 2 is 1.89 bits per heavy atom. The van der Waals surface area contributed by atoms with E-state index in [1.807, 2.05) is 0 Å². The maximum Gasteiger partial charge on any atom is 0.265 e. The number of rotatable bonds is 4. The number of nitrogens with zero attached hydrogens (tertiary/aromatic N) is 3. The Hall–Kier alpha value is -1.78. The zero-order valence-electron chi connectivity index (χ0n) is 9.41. The highest BCUT2D eigenvalue weighted by Gasteiger charge is 2.20. The van der Waals surface area contributed by atoms with E-state index in [4.69, 9.17) is 5.84 Å². The van der Waals surface area contributed by atoms with Crippen LogP contribution in [-0.2, 0) is 10.0 Å². The maximum atomic E-state index is 12.2. The summed E-state index contributed by atoms with van der Waals surface area (Å²) >= 11 is 3.16. The number of nitrogen functional groups attached to an aromatic ring is 1. The summed E-state index contributed by atoms with van der Waals surface area (Å²) in [5.74, 6) is 5.28. The number of nitrogens with two attached hydrogens (primary N) is 1. The van der Waals surface area contributed by atoms with Gasteiger partial charge in [-0.15, -0.1) is 0 Å². The first-order valence-electron chi connectivity index (χ1n) is 4.93. The zero-order chi connectivity index (χ0) is 13.9. The number of nitrogens with one attached hydrogen (secondary N) is 2. The van der Waals surface area contributed by atoms with E-state index in [0.29, 0.717) is 4.47 Å². The predicted octanol–water partition coefficient (Wildman–Crippen LogP) is 0.721. The number of sulfonamides is 1. The minimum Gasteiger partial charge on any atom is -0.307 e. The van der Waals surface area contributed by atoms with Gasteiger partial charge in [0.2, 0.25) is 0 Å². The second-order valence-electron chi connectivity index (χ2n) is 3.38. The molecule has 0 atom stereocenters. The summed E-state index contributed by atoms with van der Waals surface area (Å²) in [6.45, 7) is 0. The van der Waals surface area contributed by atoms with Crippen molar-refractivity contribution in [3.8, 4) is 0 Å². The van der Waals surface area contributed by atoms with E-state index in [1.54, 1.807) is 0 Å². The average Bonchev–Trinajstić information content (AvgIpc) is 2.39. The SMILES string of the molecule is NNc1ncc(Br)cc1S(=O)(=O)Nc1cncnc1. The lowest BCUT2D eigenvalue weighted by Crippen LogP contribution is -2.18. The molecule has 0 amide bonds. The van der Waals surface area contributed by atoms with Crippen molar-refractivity contribution < 1.29 is 8.42 Å². The van der Waals surface area contributed by atoms with Crippen molar-refractivity contribution in [2.24, 2.45) is 5.84 Å². The van der Waals surface area contributed by atoms with Gasteiger partial charge in [0.1, 0.15) is 11.2 Å². The molecule has 2 rings (SSSR count). The van der Waals surface area contributed by atoms with Gasteiger partial charge in [-0.1, -0.05) is 0 Å². The van der Waals surface area contributed by atoms with Gasteiger partial charge in [-0.05, 0) is 22.0 Å². The molecule has 0 spiro atoms. The van der Waals surface area contributed by atoms with Crippen LogP contribution in [0, 0.1) is 0 Å². The number of hydrogen-bond donors (Lipinski definition) is 3. The van der Waals surface area contributed by atoms with Crippen LogP contribution in [0.2, 0.25) is 0 Å². The Bertz CT molecular complexity index is 678. The summed E-state index contributed by atoms with van der Waals surface area (Å²) in [7, 11) is -3.84. The first kappa shape index (κ1) is 13.6. The van der Waals surface area contributed by atoms with Crippen LogP contribution < -0.4 is 16.0 Å². The van der Waals surface area contributed by atoms with E-state index in [0.717, 1.165) is 0 Å². The van der Waals surface area contributed by atoms with Crippen molar-refractivity contribution in [2.75, 3.05) is 10.1 Å². The van der Waals surface area contributed by atoms with Gasteiger partial charge in [-0.3, -0.25) is 4.72 Å². The van der Waals surface area contributed by atoms with Crippen LogP contribution in [0.3, 0.4) is 0 Å². The van der Waals surface area contributed by atoms with Gasteiger partial charge < -0.3 is 5.43 Å². The molecule has 10 heteroatoms. The van der Waals surface area contributed by atoms with Crippen LogP contribution >= 0.6 is 15.9 Å². The standard InChI is InChI=1S/C9H9BrN6O2S/c10-6-1-8(9(15-11)14-2-6)19(17,18)16-7-3-12-5-13-4-7/h1-5,16H,11H2,(H,14,15). The molecule has 0 radical (unpaired) electrons. The highest BCUT2D eigenvalue weighted by atomic mass is 79.9. The summed E-state index contributed by atoms with van der Waals surface area (Å²) in [5.41, 5.74) is 2.47. The van der Waals surface area contributed by atoms with E-state index in [2.05, 4.69) is 41.0 Å². The van der Waals surface area contributed by atoms with Crippen molar-refractivity contribution in [1.29, 1.82) is 0 Å². The fraction of sp³-hybridized carbons (Fsp3) is 0. The van der Waals surface area contributed by atoms with Crippen molar-refractivity contribution >= 4 is 37.5 Å². The summed E-state index contributed by atoms with van der Waals surface area (Å²) in [6, 6.07) is 1.38. The van der Waals surface area contributed by atoms with E-state index in [1.165, 1.54) is 31.0 Å². The molecule has 19 heavy (non-hydrogen) atoms. The third-order valence-electron chi connectivity index (χ3n) is 2.06. The molecule has 0 saturated carbocycles. The third kappa shape index (κ3) is 3.16. The lowest BCUT2D eigenvalue weighted by Gasteiger charge is -2.10. The predicted molar refractivity (Wildman–Crippen MR) is 72.6 cm³/mol. The summed E-state index contributed by atoms with van der Waals surface area (Å²) < 4.78 is 27.3. The summed E-state index contributed by atoms with van der Waals surface area (Å²) in [5, 5.41) is 0. The fourth-order valence-corrected chi connectivity index (χ4v) is 2.95. The van der Waals surface area contributed by atoms with E-state index in [-0.39, 0.29) is 16.4 Å². The highest BCUT2D eigenvalue weighted by molar-refractivity contribution is 9.10. The Morgan fingerprint density at radius 3 is 2.53 bits per heavy atom. The zero-order valence-corrected chi connectivity index (χ0v) is 11.8. The van der Waals surface area contributed by atoms with Crippen LogP contribution in [0.1, 0.15) is 0 Å². The van der Waals surface area contributed by atoms with Gasteiger partial charge in [-0.25, -0.2) is 29.2 Å². The van der Waals surface area contributed by atoms with Gasteiger partial charge in [0.05, 0.1) is 18.1 Å². The lowest BCUT2D eigenvalue weighted by molar-refractivity contribution is 0.601. The Labute approximate surface area is 117 Å². The maximum absolute atomic E-state index is 12.2. The summed E-state index contributed by atoms with van der Waals surface area (Å²) in [4.78, 5) is 11.2. The molecule has 2 heterocycles. The van der Waals surface area contributed by atoms with E-state index in [9.17, 15) is 8.42 Å². The van der Waals surface area contributed by atoms with Gasteiger partial charge in [0.25, 0.3) is 10.0 Å². The normalized spacial score (nSPS) is 11.1. The second kappa shape index (κ2) is 5.47. The first-order valence-corrected chi connectivity index (χ1v) is 7.20. The Morgan fingerprint density at radius 1 is 1.21 bits per heavy atom. The van der Waals surface area contributed by atoms with Crippen LogP contribution in [-0.4, -0.2) is 23.4 Å². The minimum atomic E-state index is -3.84. The van der Waals surface area contributed by atoms with E-state index >= 15 is 0 Å². The van der Waals surface area contributed by atoms with E-state index < -0.39 is 10.0 Å². The minimum absolute atomic E-state index is 0.0348. The average molecular weight is 345 g/mol. The van der Waals surface area contributed by atoms with Crippen LogP contribution in [0.4, 0.5) is 11.5 Å². The molecule has 8 nitrogen and oxygen atoms in total. The second-order valence-corrected chi connectivity index (χ2v) is 5.94. The molecule has 0 fully saturated rings. The van der Waals surface area contributed by atoms with Gasteiger partial charge >= 0.3 is 0 Å². The van der Waals surface area contributed by atoms with Crippen LogP contribution in [0.15, 0.2) is 40.4 Å². The molecule has 0 aliphatic rings. The van der Waals surface area contributed by atoms with Crippen molar-refractivity contribution in [3.63, 3.8) is 0 Å². The summed E-state index contributed by atoms with van der Waals surface area (Å²) in [6.07, 6.45) is 5.40. The Kier molecular flexibility index (Phi) is 3.93. The lowest BCUT2D eigenvalue weighted by atomic mass is 10.5. The van der Waals surface area contributed by atoms with Gasteiger partial charge in [-0.2, -0.15) is 0 Å². The molecule has 0 aromatic carbocycles. The number of anilines is 2. The molecule has 0 aliphatic heterocycles. The van der Waals surface area contributed by atoms with Gasteiger partial charge in [0, 0.05) is 10.7 Å². The van der Waals surface area contributed by atoms with Crippen LogP contribution in [0.5, 0.6) is 0 Å². The number of hydrazine groups is 1. The Balaban J connectivity index is 2.42. The molecule has 2 aromatic rings. The molecule has 0 saturated heterocycles. The van der Waals surface area contributed by atoms with Crippen LogP contribution in [0.25, 0.3) is 0 Å². The fourth-order valence-electron chi connectivity index (χ4n) is 1.30. The molecule has 4 N–H and O–H groups in total.